The molecule has 2 amide bonds. The summed E-state index contributed by atoms with van der Waals surface area (Å²) in [7, 11) is 0. The maximum Gasteiger partial charge on any atom is 0.336 e. The quantitative estimate of drug-likeness (QED) is 0.491. The normalized spacial score (nSPS) is 13.0. The highest BCUT2D eigenvalue weighted by molar-refractivity contribution is 6.21. The van der Waals surface area contributed by atoms with Gasteiger partial charge < -0.3 is 9.84 Å². The molecule has 0 unspecified atom stereocenters. The van der Waals surface area contributed by atoms with Gasteiger partial charge >= 0.3 is 5.97 Å². The van der Waals surface area contributed by atoms with Gasteiger partial charge in [0.05, 0.1) is 28.8 Å². The number of hydrogen-bond acceptors (Lipinski definition) is 5. The van der Waals surface area contributed by atoms with Gasteiger partial charge in [-0.2, -0.15) is 0 Å². The second kappa shape index (κ2) is 7.71. The van der Waals surface area contributed by atoms with E-state index in [1.165, 1.54) is 17.2 Å². The molecule has 1 aromatic heterocycles. The first kappa shape index (κ1) is 18.6. The number of rotatable bonds is 7. The standard InChI is InChI=1S/C22H18N2O5/c25-20-15-5-1-2-6-16(15)21(26)24(20)11-3-4-12-29-14-7-8-19-18(13-14)17(22(27)28)9-10-23-19/h1-2,5-10,13H,3-4,11-12H2,(H,27,28). The summed E-state index contributed by atoms with van der Waals surface area (Å²) in [5.41, 5.74) is 1.66. The van der Waals surface area contributed by atoms with Crippen LogP contribution in [-0.4, -0.2) is 45.9 Å². The molecular formula is C22H18N2O5. The molecule has 1 aliphatic rings. The van der Waals surface area contributed by atoms with Gasteiger partial charge in [-0.25, -0.2) is 4.79 Å². The molecule has 2 aromatic carbocycles. The fourth-order valence-corrected chi connectivity index (χ4v) is 3.41. The summed E-state index contributed by atoms with van der Waals surface area (Å²) in [6.07, 6.45) is 2.72. The number of nitrogens with zero attached hydrogens (tertiary/aromatic N) is 2. The summed E-state index contributed by atoms with van der Waals surface area (Å²) in [6, 6.07) is 13.4. The highest BCUT2D eigenvalue weighted by Gasteiger charge is 2.34. The highest BCUT2D eigenvalue weighted by Crippen LogP contribution is 2.24. The van der Waals surface area contributed by atoms with Crippen LogP contribution in [-0.2, 0) is 0 Å². The number of amides is 2. The van der Waals surface area contributed by atoms with E-state index in [1.54, 1.807) is 42.5 Å². The van der Waals surface area contributed by atoms with Crippen LogP contribution in [0.3, 0.4) is 0 Å². The minimum Gasteiger partial charge on any atom is -0.494 e. The lowest BCUT2D eigenvalue weighted by atomic mass is 10.1. The van der Waals surface area contributed by atoms with Crippen molar-refractivity contribution in [3.8, 4) is 5.75 Å². The zero-order valence-electron chi connectivity index (χ0n) is 15.5. The van der Waals surface area contributed by atoms with E-state index >= 15 is 0 Å². The number of carbonyl (C=O) groups excluding carboxylic acids is 2. The Labute approximate surface area is 166 Å². The molecule has 0 atom stereocenters. The van der Waals surface area contributed by atoms with Crippen LogP contribution in [0.25, 0.3) is 10.9 Å². The Morgan fingerprint density at radius 3 is 2.41 bits per heavy atom. The number of aromatic nitrogens is 1. The Hall–Kier alpha value is -3.74. The summed E-state index contributed by atoms with van der Waals surface area (Å²) in [6.45, 7) is 0.720. The van der Waals surface area contributed by atoms with Gasteiger partial charge in [-0.3, -0.25) is 19.5 Å². The second-order valence-electron chi connectivity index (χ2n) is 6.71. The molecule has 7 heteroatoms. The first-order valence-electron chi connectivity index (χ1n) is 9.26. The number of imide groups is 1. The first-order chi connectivity index (χ1) is 14.1. The van der Waals surface area contributed by atoms with Crippen molar-refractivity contribution in [3.63, 3.8) is 0 Å². The van der Waals surface area contributed by atoms with Crippen molar-refractivity contribution in [2.24, 2.45) is 0 Å². The van der Waals surface area contributed by atoms with Gasteiger partial charge in [-0.15, -0.1) is 0 Å². The average Bonchev–Trinajstić information content (AvgIpc) is 2.98. The number of aromatic carboxylic acids is 1. The summed E-state index contributed by atoms with van der Waals surface area (Å²) >= 11 is 0. The molecule has 0 saturated heterocycles. The van der Waals surface area contributed by atoms with E-state index in [9.17, 15) is 19.5 Å². The van der Waals surface area contributed by atoms with Crippen molar-refractivity contribution < 1.29 is 24.2 Å². The minimum atomic E-state index is -1.02. The smallest absolute Gasteiger partial charge is 0.336 e. The summed E-state index contributed by atoms with van der Waals surface area (Å²) in [5.74, 6) is -0.978. The second-order valence-corrected chi connectivity index (χ2v) is 6.71. The number of benzene rings is 2. The first-order valence-corrected chi connectivity index (χ1v) is 9.26. The largest absolute Gasteiger partial charge is 0.494 e. The summed E-state index contributed by atoms with van der Waals surface area (Å²) in [5, 5.41) is 9.82. The summed E-state index contributed by atoms with van der Waals surface area (Å²) in [4.78, 5) is 41.4. The number of hydrogen-bond donors (Lipinski definition) is 1. The maximum atomic E-state index is 12.3. The molecule has 0 fully saturated rings. The van der Waals surface area contributed by atoms with Crippen molar-refractivity contribution in [1.29, 1.82) is 0 Å². The van der Waals surface area contributed by atoms with E-state index < -0.39 is 5.97 Å². The molecule has 29 heavy (non-hydrogen) atoms. The number of unbranched alkanes of at least 4 members (excludes halogenated alkanes) is 1. The molecule has 146 valence electrons. The van der Waals surface area contributed by atoms with Crippen LogP contribution in [0.5, 0.6) is 5.75 Å². The molecule has 1 aliphatic heterocycles. The third-order valence-corrected chi connectivity index (χ3v) is 4.87. The van der Waals surface area contributed by atoms with Gasteiger partial charge in [0.2, 0.25) is 0 Å². The lowest BCUT2D eigenvalue weighted by Crippen LogP contribution is -2.30. The number of carbonyl (C=O) groups is 3. The van der Waals surface area contributed by atoms with Crippen molar-refractivity contribution >= 4 is 28.7 Å². The van der Waals surface area contributed by atoms with Gasteiger partial charge in [0.25, 0.3) is 11.8 Å². The topological polar surface area (TPSA) is 96.8 Å². The molecule has 0 spiro atoms. The molecule has 0 radical (unpaired) electrons. The van der Waals surface area contributed by atoms with E-state index in [2.05, 4.69) is 4.98 Å². The van der Waals surface area contributed by atoms with Crippen LogP contribution >= 0.6 is 0 Å². The van der Waals surface area contributed by atoms with E-state index in [0.717, 1.165) is 0 Å². The molecule has 3 aromatic rings. The molecule has 0 saturated carbocycles. The Balaban J connectivity index is 1.33. The van der Waals surface area contributed by atoms with E-state index in [1.807, 2.05) is 0 Å². The number of carboxylic acid groups (broad SMARTS) is 1. The molecule has 1 N–H and O–H groups in total. The van der Waals surface area contributed by atoms with Gasteiger partial charge in [0, 0.05) is 18.1 Å². The summed E-state index contributed by atoms with van der Waals surface area (Å²) < 4.78 is 5.72. The predicted octanol–water partition coefficient (Wildman–Crippen LogP) is 3.39. The zero-order chi connectivity index (χ0) is 20.4. The molecule has 7 nitrogen and oxygen atoms in total. The van der Waals surface area contributed by atoms with Crippen LogP contribution in [0.2, 0.25) is 0 Å². The van der Waals surface area contributed by atoms with Crippen molar-refractivity contribution in [2.75, 3.05) is 13.2 Å². The number of fused-ring (bicyclic) bond motifs is 2. The number of carboxylic acids is 1. The lowest BCUT2D eigenvalue weighted by molar-refractivity contribution is 0.0646. The molecule has 4 rings (SSSR count). The molecule has 2 heterocycles. The van der Waals surface area contributed by atoms with Crippen LogP contribution in [0.4, 0.5) is 0 Å². The fraction of sp³-hybridized carbons (Fsp3) is 0.182. The van der Waals surface area contributed by atoms with Crippen LogP contribution in [0.1, 0.15) is 43.9 Å². The minimum absolute atomic E-state index is 0.172. The Morgan fingerprint density at radius 2 is 1.72 bits per heavy atom. The number of ether oxygens (including phenoxy) is 1. The Kier molecular flexibility index (Phi) is 4.95. The van der Waals surface area contributed by atoms with Gasteiger partial charge in [-0.05, 0) is 49.2 Å². The SMILES string of the molecule is O=C(O)c1ccnc2ccc(OCCCCN3C(=O)c4ccccc4C3=O)cc12. The third-order valence-electron chi connectivity index (χ3n) is 4.87. The molecular weight excluding hydrogens is 372 g/mol. The van der Waals surface area contributed by atoms with Crippen LogP contribution in [0.15, 0.2) is 54.7 Å². The Morgan fingerprint density at radius 1 is 1.00 bits per heavy atom. The van der Waals surface area contributed by atoms with E-state index in [-0.39, 0.29) is 17.4 Å². The fourth-order valence-electron chi connectivity index (χ4n) is 3.41. The molecule has 0 bridgehead atoms. The van der Waals surface area contributed by atoms with Crippen molar-refractivity contribution in [3.05, 3.63) is 71.4 Å². The van der Waals surface area contributed by atoms with Gasteiger partial charge in [0.1, 0.15) is 5.75 Å². The maximum absolute atomic E-state index is 12.3. The third kappa shape index (κ3) is 3.54. The van der Waals surface area contributed by atoms with Crippen LogP contribution < -0.4 is 4.74 Å². The van der Waals surface area contributed by atoms with Gasteiger partial charge in [-0.1, -0.05) is 12.1 Å². The molecule has 0 aliphatic carbocycles. The highest BCUT2D eigenvalue weighted by atomic mass is 16.5. The number of pyridine rings is 1. The Bertz CT molecular complexity index is 1090. The average molecular weight is 390 g/mol. The predicted molar refractivity (Wildman–Crippen MR) is 105 cm³/mol. The van der Waals surface area contributed by atoms with Gasteiger partial charge in [0.15, 0.2) is 0 Å². The lowest BCUT2D eigenvalue weighted by Gasteiger charge is -2.14. The van der Waals surface area contributed by atoms with E-state index in [4.69, 9.17) is 4.74 Å². The zero-order valence-corrected chi connectivity index (χ0v) is 15.5. The van der Waals surface area contributed by atoms with Crippen molar-refractivity contribution in [1.82, 2.24) is 9.88 Å². The van der Waals surface area contributed by atoms with E-state index in [0.29, 0.717) is 53.8 Å². The van der Waals surface area contributed by atoms with Crippen molar-refractivity contribution in [2.45, 2.75) is 12.8 Å². The van der Waals surface area contributed by atoms with Crippen LogP contribution in [0, 0.1) is 0 Å². The monoisotopic (exact) mass is 390 g/mol.